The van der Waals surface area contributed by atoms with Crippen molar-refractivity contribution in [2.75, 3.05) is 6.54 Å². The quantitative estimate of drug-likeness (QED) is 0.608. The largest absolute Gasteiger partial charge is 0.446 e. The number of fused-ring (bicyclic) bond motifs is 5. The highest BCUT2D eigenvalue weighted by atomic mass is 16.6. The van der Waals surface area contributed by atoms with Crippen molar-refractivity contribution in [1.29, 1.82) is 0 Å². The minimum atomic E-state index is -0.219. The number of rotatable bonds is 3. The molecule has 3 saturated carbocycles. The van der Waals surface area contributed by atoms with Gasteiger partial charge in [0.05, 0.1) is 0 Å². The summed E-state index contributed by atoms with van der Waals surface area (Å²) in [5.74, 6) is 4.72. The van der Waals surface area contributed by atoms with Gasteiger partial charge in [-0.1, -0.05) is 45.3 Å². The van der Waals surface area contributed by atoms with Crippen molar-refractivity contribution < 1.29 is 9.53 Å². The highest BCUT2D eigenvalue weighted by molar-refractivity contribution is 5.67. The standard InChI is InChI=1S/C24H39NO2/c1-24(2,3)13-14-25-23(26)27-18-9-12-20-17(15-18)8-11-21-19-6-4-5-16(19)7-10-22(20)21/h8,16,18-22H,4-7,9-15H2,1-3H3,(H,25,26). The predicted molar refractivity (Wildman–Crippen MR) is 109 cm³/mol. The van der Waals surface area contributed by atoms with E-state index in [0.29, 0.717) is 6.54 Å². The monoisotopic (exact) mass is 373 g/mol. The fourth-order valence-corrected chi connectivity index (χ4v) is 6.69. The molecule has 27 heavy (non-hydrogen) atoms. The normalized spacial score (nSPS) is 38.3. The number of carbonyl (C=O) groups excluding carboxylic acids is 1. The molecular formula is C24H39NO2. The van der Waals surface area contributed by atoms with Gasteiger partial charge in [0.15, 0.2) is 0 Å². The highest BCUT2D eigenvalue weighted by Gasteiger charge is 2.47. The molecule has 152 valence electrons. The van der Waals surface area contributed by atoms with Crippen LogP contribution in [-0.2, 0) is 4.74 Å². The van der Waals surface area contributed by atoms with Gasteiger partial charge in [-0.3, -0.25) is 0 Å². The Kier molecular flexibility index (Phi) is 5.58. The number of allylic oxidation sites excluding steroid dienone is 1. The maximum Gasteiger partial charge on any atom is 0.407 e. The van der Waals surface area contributed by atoms with Crippen LogP contribution in [0.1, 0.15) is 85.0 Å². The molecule has 0 aromatic heterocycles. The molecule has 4 rings (SSSR count). The van der Waals surface area contributed by atoms with Gasteiger partial charge >= 0.3 is 6.09 Å². The third-order valence-corrected chi connectivity index (χ3v) is 8.01. The first-order chi connectivity index (χ1) is 12.9. The summed E-state index contributed by atoms with van der Waals surface area (Å²) < 4.78 is 5.77. The summed E-state index contributed by atoms with van der Waals surface area (Å²) in [6.07, 6.45) is 15.3. The minimum Gasteiger partial charge on any atom is -0.446 e. The van der Waals surface area contributed by atoms with E-state index in [4.69, 9.17) is 4.74 Å². The number of nitrogens with one attached hydrogen (secondary N) is 1. The third kappa shape index (κ3) is 4.38. The van der Waals surface area contributed by atoms with E-state index in [0.717, 1.165) is 48.9 Å². The summed E-state index contributed by atoms with van der Waals surface area (Å²) in [6, 6.07) is 0. The summed E-state index contributed by atoms with van der Waals surface area (Å²) in [5.41, 5.74) is 1.86. The van der Waals surface area contributed by atoms with Crippen molar-refractivity contribution >= 4 is 6.09 Å². The third-order valence-electron chi connectivity index (χ3n) is 8.01. The van der Waals surface area contributed by atoms with E-state index in [9.17, 15) is 4.79 Å². The van der Waals surface area contributed by atoms with E-state index in [1.165, 1.54) is 44.9 Å². The Morgan fingerprint density at radius 3 is 2.74 bits per heavy atom. The molecule has 0 spiro atoms. The Hall–Kier alpha value is -0.990. The zero-order valence-electron chi connectivity index (χ0n) is 17.6. The number of amides is 1. The van der Waals surface area contributed by atoms with E-state index in [1.54, 1.807) is 5.57 Å². The zero-order valence-corrected chi connectivity index (χ0v) is 17.6. The van der Waals surface area contributed by atoms with Gasteiger partial charge in [-0.05, 0) is 80.0 Å². The molecule has 4 aliphatic rings. The Balaban J connectivity index is 1.30. The molecule has 1 amide bonds. The van der Waals surface area contributed by atoms with Crippen LogP contribution in [0.25, 0.3) is 0 Å². The molecule has 4 aliphatic carbocycles. The molecule has 0 heterocycles. The fourth-order valence-electron chi connectivity index (χ4n) is 6.69. The van der Waals surface area contributed by atoms with Gasteiger partial charge in [0.2, 0.25) is 0 Å². The molecule has 3 fully saturated rings. The summed E-state index contributed by atoms with van der Waals surface area (Å²) in [7, 11) is 0. The number of carbonyl (C=O) groups is 1. The summed E-state index contributed by atoms with van der Waals surface area (Å²) in [5, 5.41) is 2.95. The van der Waals surface area contributed by atoms with E-state index < -0.39 is 0 Å². The molecule has 0 radical (unpaired) electrons. The van der Waals surface area contributed by atoms with Gasteiger partial charge in [0.25, 0.3) is 0 Å². The number of ether oxygens (including phenoxy) is 1. The molecule has 3 heteroatoms. The Labute approximate surface area is 165 Å². The van der Waals surface area contributed by atoms with Crippen molar-refractivity contribution in [3.8, 4) is 0 Å². The Morgan fingerprint density at radius 2 is 1.93 bits per heavy atom. The second-order valence-electron chi connectivity index (χ2n) is 10.9. The number of hydrogen-bond donors (Lipinski definition) is 1. The molecule has 0 aromatic carbocycles. The molecule has 6 unspecified atom stereocenters. The van der Waals surface area contributed by atoms with Gasteiger partial charge in [-0.25, -0.2) is 4.79 Å². The first-order valence-electron chi connectivity index (χ1n) is 11.5. The molecule has 1 N–H and O–H groups in total. The number of alkyl carbamates (subject to hydrolysis) is 1. The molecule has 0 aromatic rings. The topological polar surface area (TPSA) is 38.3 Å². The second-order valence-corrected chi connectivity index (χ2v) is 10.9. The Bertz CT molecular complexity index is 575. The second kappa shape index (κ2) is 7.79. The predicted octanol–water partition coefficient (Wildman–Crippen LogP) is 6.09. The SMILES string of the molecule is CC(C)(C)CCNC(=O)OC1CCC2C(=CCC3C4CCCC4CCC23)C1. The van der Waals surface area contributed by atoms with E-state index in [2.05, 4.69) is 32.2 Å². The summed E-state index contributed by atoms with van der Waals surface area (Å²) >= 11 is 0. The maximum absolute atomic E-state index is 12.2. The van der Waals surface area contributed by atoms with Gasteiger partial charge < -0.3 is 10.1 Å². The lowest BCUT2D eigenvalue weighted by molar-refractivity contribution is 0.0343. The van der Waals surface area contributed by atoms with E-state index in [1.807, 2.05) is 0 Å². The smallest absolute Gasteiger partial charge is 0.407 e. The van der Waals surface area contributed by atoms with Crippen LogP contribution >= 0.6 is 0 Å². The molecule has 6 atom stereocenters. The molecule has 0 bridgehead atoms. The lowest BCUT2D eigenvalue weighted by Crippen LogP contribution is -2.42. The Morgan fingerprint density at radius 1 is 1.07 bits per heavy atom. The van der Waals surface area contributed by atoms with Gasteiger partial charge in [0.1, 0.15) is 6.10 Å². The van der Waals surface area contributed by atoms with Crippen LogP contribution in [0, 0.1) is 35.0 Å². The van der Waals surface area contributed by atoms with Crippen LogP contribution in [0.2, 0.25) is 0 Å². The van der Waals surface area contributed by atoms with E-state index >= 15 is 0 Å². The van der Waals surface area contributed by atoms with Crippen molar-refractivity contribution in [3.63, 3.8) is 0 Å². The van der Waals surface area contributed by atoms with Crippen molar-refractivity contribution in [2.45, 2.75) is 91.1 Å². The molecular weight excluding hydrogens is 334 g/mol. The van der Waals surface area contributed by atoms with Gasteiger partial charge in [-0.15, -0.1) is 0 Å². The molecule has 0 saturated heterocycles. The first-order valence-corrected chi connectivity index (χ1v) is 11.5. The fraction of sp³-hybridized carbons (Fsp3) is 0.875. The van der Waals surface area contributed by atoms with Crippen molar-refractivity contribution in [3.05, 3.63) is 11.6 Å². The zero-order chi connectivity index (χ0) is 19.0. The average molecular weight is 374 g/mol. The van der Waals surface area contributed by atoms with Crippen LogP contribution in [0.3, 0.4) is 0 Å². The van der Waals surface area contributed by atoms with Crippen molar-refractivity contribution in [1.82, 2.24) is 5.32 Å². The minimum absolute atomic E-state index is 0.0847. The lowest BCUT2D eigenvalue weighted by atomic mass is 9.57. The van der Waals surface area contributed by atoms with Gasteiger partial charge in [0, 0.05) is 13.0 Å². The van der Waals surface area contributed by atoms with Crippen LogP contribution < -0.4 is 5.32 Å². The van der Waals surface area contributed by atoms with Gasteiger partial charge in [-0.2, -0.15) is 0 Å². The first kappa shape index (κ1) is 19.3. The maximum atomic E-state index is 12.2. The summed E-state index contributed by atoms with van der Waals surface area (Å²) in [4.78, 5) is 12.2. The average Bonchev–Trinajstić information content (AvgIpc) is 3.09. The highest BCUT2D eigenvalue weighted by Crippen LogP contribution is 2.56. The molecule has 0 aliphatic heterocycles. The molecule has 3 nitrogen and oxygen atoms in total. The van der Waals surface area contributed by atoms with Crippen molar-refractivity contribution in [2.24, 2.45) is 35.0 Å². The van der Waals surface area contributed by atoms with Crippen LogP contribution in [0.5, 0.6) is 0 Å². The summed E-state index contributed by atoms with van der Waals surface area (Å²) in [6.45, 7) is 7.29. The lowest BCUT2D eigenvalue weighted by Gasteiger charge is -2.49. The van der Waals surface area contributed by atoms with E-state index in [-0.39, 0.29) is 17.6 Å². The van der Waals surface area contributed by atoms with Crippen LogP contribution in [-0.4, -0.2) is 18.7 Å². The number of hydrogen-bond acceptors (Lipinski definition) is 2. The van der Waals surface area contributed by atoms with Crippen LogP contribution in [0.4, 0.5) is 4.79 Å². The van der Waals surface area contributed by atoms with Crippen LogP contribution in [0.15, 0.2) is 11.6 Å².